The molecule has 2 heterocycles. The van der Waals surface area contributed by atoms with E-state index in [0.717, 1.165) is 5.70 Å². The Labute approximate surface area is 57.2 Å². The van der Waals surface area contributed by atoms with Crippen molar-refractivity contribution in [1.29, 1.82) is 0 Å². The van der Waals surface area contributed by atoms with Crippen molar-refractivity contribution in [2.45, 2.75) is 0 Å². The van der Waals surface area contributed by atoms with Crippen LogP contribution in [0.15, 0.2) is 29.1 Å². The van der Waals surface area contributed by atoms with Gasteiger partial charge in [-0.2, -0.15) is 0 Å². The summed E-state index contributed by atoms with van der Waals surface area (Å²) in [6, 6.07) is 0. The van der Waals surface area contributed by atoms with Gasteiger partial charge in [-0.1, -0.05) is 0 Å². The van der Waals surface area contributed by atoms with Crippen molar-refractivity contribution in [3.05, 3.63) is 30.3 Å². The second-order valence-electron chi connectivity index (χ2n) is 1.80. The fourth-order valence-corrected chi connectivity index (χ4v) is 0.726. The second kappa shape index (κ2) is 1.98. The van der Waals surface area contributed by atoms with E-state index in [1.165, 1.54) is 6.20 Å². The molecule has 0 unspecified atom stereocenters. The van der Waals surface area contributed by atoms with Crippen LogP contribution in [0.1, 0.15) is 5.76 Å². The first kappa shape index (κ1) is 5.22. The summed E-state index contributed by atoms with van der Waals surface area (Å²) in [5.74, 6) is 0.602. The Balaban J connectivity index is 2.30. The standard InChI is InChI=1S/C6H4N3O/c1-2-5(7-3-1)6-4-8-9-10-6/h1-4H. The Morgan fingerprint density at radius 3 is 3.00 bits per heavy atom. The summed E-state index contributed by atoms with van der Waals surface area (Å²) < 4.78 is 4.75. The first-order valence-electron chi connectivity index (χ1n) is 2.82. The molecule has 1 aromatic rings. The van der Waals surface area contributed by atoms with Crippen LogP contribution in [-0.2, 0) is 0 Å². The molecule has 0 amide bonds. The van der Waals surface area contributed by atoms with Crippen LogP contribution in [0.2, 0.25) is 0 Å². The molecule has 0 aliphatic carbocycles. The van der Waals surface area contributed by atoms with E-state index in [4.69, 9.17) is 4.52 Å². The van der Waals surface area contributed by atoms with E-state index in [1.54, 1.807) is 6.20 Å². The van der Waals surface area contributed by atoms with Gasteiger partial charge in [-0.3, -0.25) is 5.32 Å². The quantitative estimate of drug-likeness (QED) is 0.563. The van der Waals surface area contributed by atoms with Gasteiger partial charge < -0.3 is 4.52 Å². The molecular weight excluding hydrogens is 130 g/mol. The normalized spacial score (nSPS) is 15.0. The maximum atomic E-state index is 4.75. The lowest BCUT2D eigenvalue weighted by Gasteiger charge is -1.89. The first-order valence-corrected chi connectivity index (χ1v) is 2.82. The first-order chi connectivity index (χ1) is 4.97. The van der Waals surface area contributed by atoms with Gasteiger partial charge in [0.05, 0.1) is 0 Å². The van der Waals surface area contributed by atoms with Gasteiger partial charge in [0.1, 0.15) is 11.9 Å². The summed E-state index contributed by atoms with van der Waals surface area (Å²) in [6.45, 7) is 0. The van der Waals surface area contributed by atoms with Crippen LogP contribution in [0.3, 0.4) is 0 Å². The number of aromatic nitrogens is 2. The molecular formula is C6H4N3O. The van der Waals surface area contributed by atoms with Gasteiger partial charge in [0.15, 0.2) is 0 Å². The zero-order valence-corrected chi connectivity index (χ0v) is 5.06. The molecule has 0 fully saturated rings. The minimum absolute atomic E-state index is 0.602. The highest BCUT2D eigenvalue weighted by Gasteiger charge is 2.07. The van der Waals surface area contributed by atoms with Crippen molar-refractivity contribution < 1.29 is 4.52 Å². The van der Waals surface area contributed by atoms with Crippen LogP contribution in [-0.4, -0.2) is 10.4 Å². The lowest BCUT2D eigenvalue weighted by Crippen LogP contribution is -1.88. The van der Waals surface area contributed by atoms with Gasteiger partial charge in [-0.25, -0.2) is 0 Å². The van der Waals surface area contributed by atoms with Crippen molar-refractivity contribution in [2.24, 2.45) is 0 Å². The van der Waals surface area contributed by atoms with Crippen LogP contribution < -0.4 is 5.32 Å². The van der Waals surface area contributed by atoms with Crippen molar-refractivity contribution in [3.63, 3.8) is 0 Å². The molecule has 1 aliphatic heterocycles. The predicted molar refractivity (Wildman–Crippen MR) is 33.5 cm³/mol. The van der Waals surface area contributed by atoms with Crippen molar-refractivity contribution in [3.8, 4) is 0 Å². The minimum Gasteiger partial charge on any atom is -0.335 e. The minimum atomic E-state index is 0.602. The van der Waals surface area contributed by atoms with Crippen molar-refractivity contribution >= 4 is 5.70 Å². The molecule has 1 aromatic heterocycles. The number of rotatable bonds is 1. The average Bonchev–Trinajstić information content (AvgIpc) is 2.59. The number of nitrogens with zero attached hydrogens (tertiary/aromatic N) is 3. The zero-order chi connectivity index (χ0) is 6.81. The highest BCUT2D eigenvalue weighted by Crippen LogP contribution is 2.13. The molecule has 0 N–H and O–H groups in total. The van der Waals surface area contributed by atoms with Crippen LogP contribution in [0.25, 0.3) is 5.70 Å². The number of hydrogen-bond donors (Lipinski definition) is 0. The van der Waals surface area contributed by atoms with E-state index < -0.39 is 0 Å². The maximum absolute atomic E-state index is 4.75. The van der Waals surface area contributed by atoms with Crippen LogP contribution in [0, 0.1) is 0 Å². The molecule has 0 spiro atoms. The number of hydrogen-bond acceptors (Lipinski definition) is 3. The highest BCUT2D eigenvalue weighted by atomic mass is 16.5. The Kier molecular flexibility index (Phi) is 1.04. The lowest BCUT2D eigenvalue weighted by atomic mass is 10.4. The third-order valence-corrected chi connectivity index (χ3v) is 1.17. The fraction of sp³-hybridized carbons (Fsp3) is 0. The van der Waals surface area contributed by atoms with E-state index in [2.05, 4.69) is 15.7 Å². The van der Waals surface area contributed by atoms with E-state index in [1.807, 2.05) is 12.2 Å². The third kappa shape index (κ3) is 0.699. The smallest absolute Gasteiger partial charge is 0.205 e. The van der Waals surface area contributed by atoms with Crippen LogP contribution >= 0.6 is 0 Å². The molecule has 0 saturated carbocycles. The molecule has 4 heteroatoms. The maximum Gasteiger partial charge on any atom is 0.205 e. The predicted octanol–water partition coefficient (Wildman–Crippen LogP) is 0.542. The van der Waals surface area contributed by atoms with Gasteiger partial charge in [0, 0.05) is 11.5 Å². The summed E-state index contributed by atoms with van der Waals surface area (Å²) in [7, 11) is 0. The third-order valence-electron chi connectivity index (χ3n) is 1.17. The van der Waals surface area contributed by atoms with E-state index >= 15 is 0 Å². The van der Waals surface area contributed by atoms with E-state index in [-0.39, 0.29) is 0 Å². The molecule has 10 heavy (non-hydrogen) atoms. The Hall–Kier alpha value is -1.58. The van der Waals surface area contributed by atoms with Crippen molar-refractivity contribution in [1.82, 2.24) is 15.7 Å². The van der Waals surface area contributed by atoms with Crippen LogP contribution in [0.5, 0.6) is 0 Å². The van der Waals surface area contributed by atoms with Gasteiger partial charge in [-0.15, -0.1) is 5.10 Å². The highest BCUT2D eigenvalue weighted by molar-refractivity contribution is 5.63. The average molecular weight is 134 g/mol. The monoisotopic (exact) mass is 134 g/mol. The summed E-state index contributed by atoms with van der Waals surface area (Å²) in [5.41, 5.74) is 0.769. The van der Waals surface area contributed by atoms with Crippen LogP contribution in [0.4, 0.5) is 0 Å². The van der Waals surface area contributed by atoms with E-state index in [0.29, 0.717) is 5.76 Å². The molecule has 49 valence electrons. The molecule has 0 aromatic carbocycles. The summed E-state index contributed by atoms with van der Waals surface area (Å²) in [4.78, 5) is 0. The second-order valence-corrected chi connectivity index (χ2v) is 1.80. The molecule has 0 atom stereocenters. The summed E-state index contributed by atoms with van der Waals surface area (Å²) in [5, 5.41) is 10.8. The van der Waals surface area contributed by atoms with Gasteiger partial charge in [0.2, 0.25) is 5.76 Å². The molecule has 2 rings (SSSR count). The molecule has 4 nitrogen and oxygen atoms in total. The topological polar surface area (TPSA) is 53.0 Å². The van der Waals surface area contributed by atoms with E-state index in [9.17, 15) is 0 Å². The Morgan fingerprint density at radius 2 is 2.40 bits per heavy atom. The largest absolute Gasteiger partial charge is 0.335 e. The van der Waals surface area contributed by atoms with Gasteiger partial charge in [-0.05, 0) is 12.2 Å². The molecule has 0 bridgehead atoms. The summed E-state index contributed by atoms with van der Waals surface area (Å²) in [6.07, 6.45) is 6.89. The molecule has 0 saturated heterocycles. The fourth-order valence-electron chi connectivity index (χ4n) is 0.726. The summed E-state index contributed by atoms with van der Waals surface area (Å²) >= 11 is 0. The lowest BCUT2D eigenvalue weighted by molar-refractivity contribution is 0.383. The molecule has 1 radical (unpaired) electrons. The van der Waals surface area contributed by atoms with Gasteiger partial charge in [0.25, 0.3) is 0 Å². The zero-order valence-electron chi connectivity index (χ0n) is 5.06. The van der Waals surface area contributed by atoms with Crippen molar-refractivity contribution in [2.75, 3.05) is 0 Å². The molecule has 1 aliphatic rings. The Bertz CT molecular complexity index is 273. The number of allylic oxidation sites excluding steroid dienone is 2. The Morgan fingerprint density at radius 1 is 1.40 bits per heavy atom. The SMILES string of the molecule is C1=C[N]C(c2cnno2)=C1. The van der Waals surface area contributed by atoms with Gasteiger partial charge >= 0.3 is 0 Å².